The SMILES string of the molecule is CN=C(N)c1csc(CNC(=O)C2CC(CF)CN2C(=O)Cc2ccc3c(c2)-c2ccccc2C3(F)F)c1. The Kier molecular flexibility index (Phi) is 7.00. The zero-order valence-electron chi connectivity index (χ0n) is 20.7. The van der Waals surface area contributed by atoms with Crippen molar-refractivity contribution in [1.29, 1.82) is 0 Å². The van der Waals surface area contributed by atoms with Crippen molar-refractivity contribution in [2.24, 2.45) is 16.6 Å². The molecule has 1 aromatic heterocycles. The number of amidine groups is 1. The molecule has 0 saturated carbocycles. The Bertz CT molecular complexity index is 1420. The first-order valence-electron chi connectivity index (χ1n) is 12.3. The molecule has 2 aromatic carbocycles. The van der Waals surface area contributed by atoms with Crippen LogP contribution in [0.5, 0.6) is 0 Å². The van der Waals surface area contributed by atoms with Gasteiger partial charge in [0, 0.05) is 46.5 Å². The fraction of sp³-hybridized carbons (Fsp3) is 0.321. The van der Waals surface area contributed by atoms with E-state index in [0.29, 0.717) is 22.5 Å². The second-order valence-corrected chi connectivity index (χ2v) is 10.6. The predicted molar refractivity (Wildman–Crippen MR) is 141 cm³/mol. The molecule has 1 saturated heterocycles. The molecule has 0 bridgehead atoms. The van der Waals surface area contributed by atoms with Crippen LogP contribution in [0.4, 0.5) is 13.2 Å². The summed E-state index contributed by atoms with van der Waals surface area (Å²) in [5, 5.41) is 4.70. The quantitative estimate of drug-likeness (QED) is 0.347. The van der Waals surface area contributed by atoms with E-state index in [1.807, 2.05) is 11.4 Å². The minimum absolute atomic E-state index is 0.0527. The fourth-order valence-electron chi connectivity index (χ4n) is 5.20. The number of halogens is 3. The molecule has 2 unspecified atom stereocenters. The summed E-state index contributed by atoms with van der Waals surface area (Å²) in [6.45, 7) is -0.258. The zero-order chi connectivity index (χ0) is 27.0. The van der Waals surface area contributed by atoms with Crippen LogP contribution in [0, 0.1) is 5.92 Å². The number of carbonyl (C=O) groups is 2. The van der Waals surface area contributed by atoms with Crippen molar-refractivity contribution >= 4 is 29.0 Å². The third-order valence-corrected chi connectivity index (χ3v) is 8.13. The maximum Gasteiger partial charge on any atom is 0.299 e. The van der Waals surface area contributed by atoms with Gasteiger partial charge >= 0.3 is 0 Å². The molecule has 2 heterocycles. The number of nitrogens with two attached hydrogens (primary N) is 1. The molecule has 1 fully saturated rings. The van der Waals surface area contributed by atoms with Crippen LogP contribution in [0.1, 0.15) is 33.6 Å². The van der Waals surface area contributed by atoms with Gasteiger partial charge in [-0.1, -0.05) is 42.5 Å². The van der Waals surface area contributed by atoms with Crippen LogP contribution in [0.2, 0.25) is 0 Å². The van der Waals surface area contributed by atoms with Crippen LogP contribution in [0.15, 0.2) is 58.9 Å². The number of carbonyl (C=O) groups excluding carboxylic acids is 2. The van der Waals surface area contributed by atoms with Gasteiger partial charge in [-0.15, -0.1) is 11.3 Å². The number of thiophene rings is 1. The number of amides is 2. The number of likely N-dealkylation sites (tertiary alicyclic amines) is 1. The number of hydrogen-bond acceptors (Lipinski definition) is 4. The largest absolute Gasteiger partial charge is 0.383 e. The van der Waals surface area contributed by atoms with Gasteiger partial charge in [0.1, 0.15) is 11.9 Å². The van der Waals surface area contributed by atoms with Crippen LogP contribution < -0.4 is 11.1 Å². The lowest BCUT2D eigenvalue weighted by atomic mass is 10.0. The van der Waals surface area contributed by atoms with Crippen molar-refractivity contribution in [3.8, 4) is 11.1 Å². The molecule has 5 rings (SSSR count). The minimum atomic E-state index is -3.10. The Labute approximate surface area is 222 Å². The minimum Gasteiger partial charge on any atom is -0.383 e. The number of rotatable bonds is 7. The van der Waals surface area contributed by atoms with Gasteiger partial charge in [-0.3, -0.25) is 19.0 Å². The van der Waals surface area contributed by atoms with Crippen molar-refractivity contribution in [1.82, 2.24) is 10.2 Å². The lowest BCUT2D eigenvalue weighted by Gasteiger charge is -2.24. The van der Waals surface area contributed by atoms with Crippen LogP contribution in [0.3, 0.4) is 0 Å². The number of nitrogens with one attached hydrogen (secondary N) is 1. The molecule has 2 aliphatic rings. The van der Waals surface area contributed by atoms with Crippen molar-refractivity contribution in [2.45, 2.75) is 31.4 Å². The molecular weight excluding hydrogens is 513 g/mol. The smallest absolute Gasteiger partial charge is 0.299 e. The summed E-state index contributed by atoms with van der Waals surface area (Å²) in [6.07, 6.45) is 0.150. The second kappa shape index (κ2) is 10.2. The third-order valence-electron chi connectivity index (χ3n) is 7.19. The van der Waals surface area contributed by atoms with E-state index in [4.69, 9.17) is 5.73 Å². The summed E-state index contributed by atoms with van der Waals surface area (Å²) in [7, 11) is 1.60. The Hall–Kier alpha value is -3.66. The summed E-state index contributed by atoms with van der Waals surface area (Å²) in [5.74, 6) is -3.84. The number of fused-ring (bicyclic) bond motifs is 3. The van der Waals surface area contributed by atoms with Crippen molar-refractivity contribution < 1.29 is 22.8 Å². The molecule has 2 atom stereocenters. The first-order valence-corrected chi connectivity index (χ1v) is 13.1. The zero-order valence-corrected chi connectivity index (χ0v) is 21.5. The highest BCUT2D eigenvalue weighted by molar-refractivity contribution is 7.10. The van der Waals surface area contributed by atoms with Gasteiger partial charge in [-0.05, 0) is 29.2 Å². The average molecular weight is 541 g/mol. The molecule has 3 N–H and O–H groups in total. The number of benzene rings is 2. The summed E-state index contributed by atoms with van der Waals surface area (Å²) >= 11 is 1.43. The van der Waals surface area contributed by atoms with Crippen molar-refractivity contribution in [3.63, 3.8) is 0 Å². The third kappa shape index (κ3) is 4.69. The molecule has 0 spiro atoms. The van der Waals surface area contributed by atoms with E-state index in [-0.39, 0.29) is 48.9 Å². The van der Waals surface area contributed by atoms with E-state index >= 15 is 0 Å². The molecular formula is C28H27F3N4O2S. The fourth-order valence-corrected chi connectivity index (χ4v) is 6.02. The van der Waals surface area contributed by atoms with E-state index in [9.17, 15) is 22.8 Å². The summed E-state index contributed by atoms with van der Waals surface area (Å²) in [6, 6.07) is 11.9. The van der Waals surface area contributed by atoms with Crippen LogP contribution in [0.25, 0.3) is 11.1 Å². The highest BCUT2D eigenvalue weighted by atomic mass is 32.1. The first kappa shape index (κ1) is 26.0. The second-order valence-electron chi connectivity index (χ2n) is 9.62. The normalized spacial score (nSPS) is 19.8. The molecule has 198 valence electrons. The molecule has 0 radical (unpaired) electrons. The monoisotopic (exact) mass is 540 g/mol. The molecule has 2 amide bonds. The maximum absolute atomic E-state index is 14.9. The van der Waals surface area contributed by atoms with Gasteiger partial charge in [0.25, 0.3) is 5.92 Å². The van der Waals surface area contributed by atoms with Gasteiger partial charge in [0.2, 0.25) is 11.8 Å². The van der Waals surface area contributed by atoms with Crippen LogP contribution >= 0.6 is 11.3 Å². The van der Waals surface area contributed by atoms with E-state index < -0.39 is 24.6 Å². The van der Waals surface area contributed by atoms with E-state index in [2.05, 4.69) is 10.3 Å². The van der Waals surface area contributed by atoms with E-state index in [0.717, 1.165) is 10.4 Å². The predicted octanol–water partition coefficient (Wildman–Crippen LogP) is 4.25. The summed E-state index contributed by atoms with van der Waals surface area (Å²) in [5.41, 5.74) is 7.86. The number of hydrogen-bond donors (Lipinski definition) is 2. The van der Waals surface area contributed by atoms with Gasteiger partial charge in [0.05, 0.1) is 19.6 Å². The summed E-state index contributed by atoms with van der Waals surface area (Å²) < 4.78 is 43.3. The van der Waals surface area contributed by atoms with Crippen molar-refractivity contribution in [3.05, 3.63) is 81.0 Å². The molecule has 1 aliphatic heterocycles. The maximum atomic E-state index is 14.9. The molecule has 1 aliphatic carbocycles. The Balaban J connectivity index is 1.30. The number of aliphatic imine (C=N–C) groups is 1. The van der Waals surface area contributed by atoms with Gasteiger partial charge in [-0.25, -0.2) is 0 Å². The topological polar surface area (TPSA) is 87.8 Å². The molecule has 3 aromatic rings. The molecule has 38 heavy (non-hydrogen) atoms. The van der Waals surface area contributed by atoms with Crippen LogP contribution in [-0.2, 0) is 28.5 Å². The number of alkyl halides is 3. The number of nitrogens with zero attached hydrogens (tertiary/aromatic N) is 2. The van der Waals surface area contributed by atoms with E-state index in [1.54, 1.807) is 31.3 Å². The Morgan fingerprint density at radius 2 is 1.92 bits per heavy atom. The average Bonchev–Trinajstić information content (AvgIpc) is 3.63. The summed E-state index contributed by atoms with van der Waals surface area (Å²) in [4.78, 5) is 32.6. The molecule has 10 heteroatoms. The van der Waals surface area contributed by atoms with Crippen LogP contribution in [-0.4, -0.2) is 48.9 Å². The lowest BCUT2D eigenvalue weighted by molar-refractivity contribution is -0.138. The van der Waals surface area contributed by atoms with E-state index in [1.165, 1.54) is 34.4 Å². The standard InChI is InChI=1S/C28H27F3N4O2S/c1-33-26(32)18-11-19(38-15-18)13-34-27(37)24-9-17(12-29)14-35(24)25(36)10-16-6-7-23-21(8-16)20-4-2-3-5-22(20)28(23,30)31/h2-8,11,15,17,24H,9-10,12-14H2,1H3,(H2,32,33)(H,34,37). The van der Waals surface area contributed by atoms with Gasteiger partial charge in [-0.2, -0.15) is 8.78 Å². The highest BCUT2D eigenvalue weighted by Crippen LogP contribution is 2.51. The first-order chi connectivity index (χ1) is 18.2. The Morgan fingerprint density at radius 1 is 1.16 bits per heavy atom. The van der Waals surface area contributed by atoms with Crippen molar-refractivity contribution in [2.75, 3.05) is 20.3 Å². The molecule has 6 nitrogen and oxygen atoms in total. The van der Waals surface area contributed by atoms with Gasteiger partial charge in [0.15, 0.2) is 0 Å². The van der Waals surface area contributed by atoms with Gasteiger partial charge < -0.3 is 16.0 Å². The lowest BCUT2D eigenvalue weighted by Crippen LogP contribution is -2.46. The highest BCUT2D eigenvalue weighted by Gasteiger charge is 2.44. The Morgan fingerprint density at radius 3 is 2.68 bits per heavy atom.